The van der Waals surface area contributed by atoms with Crippen LogP contribution in [0.15, 0.2) is 42.5 Å². The van der Waals surface area contributed by atoms with Crippen molar-refractivity contribution < 1.29 is 4.48 Å². The Kier molecular flexibility index (Phi) is 3.57. The Balaban J connectivity index is 1.55. The molecule has 0 aliphatic carbocycles. The fraction of sp³-hybridized carbons (Fsp3) is 0.474. The highest BCUT2D eigenvalue weighted by atomic mass is 15.4. The summed E-state index contributed by atoms with van der Waals surface area (Å²) in [6.07, 6.45) is 3.97. The van der Waals surface area contributed by atoms with Crippen LogP contribution in [0.4, 0.5) is 5.82 Å². The molecule has 2 aliphatic heterocycles. The van der Waals surface area contributed by atoms with Crippen LogP contribution >= 0.6 is 0 Å². The number of benzene rings is 1. The predicted molar refractivity (Wildman–Crippen MR) is 93.2 cm³/mol. The van der Waals surface area contributed by atoms with Crippen LogP contribution in [0.25, 0.3) is 11.3 Å². The van der Waals surface area contributed by atoms with E-state index in [0.29, 0.717) is 0 Å². The van der Waals surface area contributed by atoms with E-state index >= 15 is 0 Å². The summed E-state index contributed by atoms with van der Waals surface area (Å²) < 4.78 is 1.17. The average Bonchev–Trinajstić information content (AvgIpc) is 2.76. The van der Waals surface area contributed by atoms with E-state index < -0.39 is 0 Å². The van der Waals surface area contributed by atoms with Gasteiger partial charge < -0.3 is 9.38 Å². The van der Waals surface area contributed by atoms with E-state index in [9.17, 15) is 0 Å². The van der Waals surface area contributed by atoms with E-state index in [1.807, 2.05) is 18.2 Å². The van der Waals surface area contributed by atoms with Gasteiger partial charge >= 0.3 is 0 Å². The van der Waals surface area contributed by atoms with Gasteiger partial charge in [0.15, 0.2) is 5.82 Å². The molecular weight excluding hydrogens is 284 g/mol. The minimum Gasteiger partial charge on any atom is -0.349 e. The normalized spacial score (nSPS) is 26.1. The average molecular weight is 309 g/mol. The van der Waals surface area contributed by atoms with Crippen molar-refractivity contribution in [2.75, 3.05) is 32.1 Å². The third kappa shape index (κ3) is 2.61. The predicted octanol–water partition coefficient (Wildman–Crippen LogP) is 2.96. The SMILES string of the molecule is C[N+]1(C)[C@@H]2CC[C@H]1CN(c1ccc(-c3ccccc3)nn1)CC2. The molecule has 4 nitrogen and oxygen atoms in total. The molecule has 4 heteroatoms. The molecule has 2 atom stereocenters. The first-order valence-corrected chi connectivity index (χ1v) is 8.62. The van der Waals surface area contributed by atoms with Gasteiger partial charge in [-0.25, -0.2) is 0 Å². The van der Waals surface area contributed by atoms with Gasteiger partial charge in [-0.15, -0.1) is 10.2 Å². The van der Waals surface area contributed by atoms with Crippen LogP contribution in [0.5, 0.6) is 0 Å². The van der Waals surface area contributed by atoms with Gasteiger partial charge in [0, 0.05) is 31.4 Å². The quantitative estimate of drug-likeness (QED) is 0.799. The molecule has 2 aromatic rings. The second kappa shape index (κ2) is 5.60. The van der Waals surface area contributed by atoms with Gasteiger partial charge in [0.25, 0.3) is 0 Å². The van der Waals surface area contributed by atoms with E-state index in [0.717, 1.165) is 42.2 Å². The lowest BCUT2D eigenvalue weighted by atomic mass is 10.1. The van der Waals surface area contributed by atoms with Crippen molar-refractivity contribution in [3.63, 3.8) is 0 Å². The Bertz CT molecular complexity index is 666. The molecule has 120 valence electrons. The number of fused-ring (bicyclic) bond motifs is 2. The maximum Gasteiger partial charge on any atom is 0.151 e. The standard InChI is InChI=1S/C19H25N4/c1-23(2)16-8-9-17(23)14-22(13-12-16)19-11-10-18(20-21-19)15-6-4-3-5-7-15/h3-7,10-11,16-17H,8-9,12-14H2,1-2H3/q+1/t16-,17+/m1/s1. The number of rotatable bonds is 2. The van der Waals surface area contributed by atoms with Crippen LogP contribution in [0.2, 0.25) is 0 Å². The molecule has 2 saturated heterocycles. The first-order chi connectivity index (χ1) is 11.1. The third-order valence-electron chi connectivity index (χ3n) is 5.92. The smallest absolute Gasteiger partial charge is 0.151 e. The van der Waals surface area contributed by atoms with E-state index in [1.165, 1.54) is 23.7 Å². The molecule has 2 bridgehead atoms. The summed E-state index contributed by atoms with van der Waals surface area (Å²) in [5, 5.41) is 8.98. The molecule has 1 aromatic carbocycles. The van der Waals surface area contributed by atoms with Crippen molar-refractivity contribution in [2.24, 2.45) is 0 Å². The third-order valence-corrected chi connectivity index (χ3v) is 5.92. The summed E-state index contributed by atoms with van der Waals surface area (Å²) in [6, 6.07) is 16.0. The number of anilines is 1. The van der Waals surface area contributed by atoms with E-state index in [2.05, 4.69) is 53.5 Å². The van der Waals surface area contributed by atoms with Crippen molar-refractivity contribution in [3.05, 3.63) is 42.5 Å². The molecule has 0 amide bonds. The zero-order chi connectivity index (χ0) is 15.9. The highest BCUT2D eigenvalue weighted by Crippen LogP contribution is 2.35. The molecule has 0 radical (unpaired) electrons. The van der Waals surface area contributed by atoms with Gasteiger partial charge in [-0.3, -0.25) is 0 Å². The summed E-state index contributed by atoms with van der Waals surface area (Å²) in [6.45, 7) is 2.20. The maximum absolute atomic E-state index is 4.52. The lowest BCUT2D eigenvalue weighted by molar-refractivity contribution is -0.922. The van der Waals surface area contributed by atoms with Gasteiger partial charge in [-0.05, 0) is 12.1 Å². The fourth-order valence-corrected chi connectivity index (χ4v) is 4.24. The molecule has 0 N–H and O–H groups in total. The summed E-state index contributed by atoms with van der Waals surface area (Å²) >= 11 is 0. The summed E-state index contributed by atoms with van der Waals surface area (Å²) in [5.41, 5.74) is 2.07. The second-order valence-electron chi connectivity index (χ2n) is 7.39. The molecule has 0 spiro atoms. The Morgan fingerprint density at radius 2 is 1.70 bits per heavy atom. The summed E-state index contributed by atoms with van der Waals surface area (Å²) in [7, 11) is 4.80. The van der Waals surface area contributed by atoms with Gasteiger partial charge in [0.05, 0.1) is 32.4 Å². The fourth-order valence-electron chi connectivity index (χ4n) is 4.24. The highest BCUT2D eigenvalue weighted by Gasteiger charge is 2.45. The number of nitrogens with zero attached hydrogens (tertiary/aromatic N) is 4. The van der Waals surface area contributed by atoms with E-state index in [-0.39, 0.29) is 0 Å². The van der Waals surface area contributed by atoms with Gasteiger partial charge in [0.1, 0.15) is 6.04 Å². The Morgan fingerprint density at radius 1 is 0.913 bits per heavy atom. The topological polar surface area (TPSA) is 29.0 Å². The second-order valence-corrected chi connectivity index (χ2v) is 7.39. The van der Waals surface area contributed by atoms with Gasteiger partial charge in [0.2, 0.25) is 0 Å². The highest BCUT2D eigenvalue weighted by molar-refractivity contribution is 5.59. The minimum atomic E-state index is 0.720. The maximum atomic E-state index is 4.52. The number of likely N-dealkylation sites (N-methyl/N-ethyl adjacent to an activating group) is 1. The van der Waals surface area contributed by atoms with Crippen molar-refractivity contribution in [1.82, 2.24) is 10.2 Å². The van der Waals surface area contributed by atoms with Crippen LogP contribution in [0.1, 0.15) is 19.3 Å². The first kappa shape index (κ1) is 14.6. The van der Waals surface area contributed by atoms with Crippen LogP contribution in [-0.4, -0.2) is 53.9 Å². The number of hydrogen-bond acceptors (Lipinski definition) is 3. The van der Waals surface area contributed by atoms with Crippen molar-refractivity contribution >= 4 is 5.82 Å². The van der Waals surface area contributed by atoms with E-state index in [1.54, 1.807) is 0 Å². The lowest BCUT2D eigenvalue weighted by Crippen LogP contribution is -2.51. The molecule has 0 unspecified atom stereocenters. The molecule has 3 heterocycles. The lowest BCUT2D eigenvalue weighted by Gasteiger charge is -2.35. The Hall–Kier alpha value is -1.94. The molecule has 2 aliphatic rings. The zero-order valence-electron chi connectivity index (χ0n) is 14.0. The first-order valence-electron chi connectivity index (χ1n) is 8.62. The number of quaternary nitrogens is 1. The molecule has 0 saturated carbocycles. The zero-order valence-corrected chi connectivity index (χ0v) is 14.0. The van der Waals surface area contributed by atoms with Crippen molar-refractivity contribution in [2.45, 2.75) is 31.3 Å². The number of aromatic nitrogens is 2. The molecule has 2 fully saturated rings. The Labute approximate surface area is 138 Å². The summed E-state index contributed by atoms with van der Waals surface area (Å²) in [5.74, 6) is 1.03. The van der Waals surface area contributed by atoms with Crippen LogP contribution in [0.3, 0.4) is 0 Å². The monoisotopic (exact) mass is 309 g/mol. The van der Waals surface area contributed by atoms with Crippen LogP contribution in [0, 0.1) is 0 Å². The number of hydrogen-bond donors (Lipinski definition) is 0. The Morgan fingerprint density at radius 3 is 2.43 bits per heavy atom. The molecular formula is C19H25N4+. The molecule has 4 rings (SSSR count). The summed E-state index contributed by atoms with van der Waals surface area (Å²) in [4.78, 5) is 2.44. The molecule has 1 aromatic heterocycles. The van der Waals surface area contributed by atoms with E-state index in [4.69, 9.17) is 0 Å². The molecule has 23 heavy (non-hydrogen) atoms. The minimum absolute atomic E-state index is 0.720. The van der Waals surface area contributed by atoms with Crippen LogP contribution in [-0.2, 0) is 0 Å². The van der Waals surface area contributed by atoms with Gasteiger partial charge in [-0.1, -0.05) is 30.3 Å². The van der Waals surface area contributed by atoms with Crippen molar-refractivity contribution in [1.29, 1.82) is 0 Å². The largest absolute Gasteiger partial charge is 0.349 e. The van der Waals surface area contributed by atoms with Gasteiger partial charge in [-0.2, -0.15) is 0 Å². The van der Waals surface area contributed by atoms with Crippen LogP contribution < -0.4 is 4.90 Å². The van der Waals surface area contributed by atoms with Crippen molar-refractivity contribution in [3.8, 4) is 11.3 Å².